The molecule has 3 heteroatoms. The second-order valence-corrected chi connectivity index (χ2v) is 7.90. The van der Waals surface area contributed by atoms with E-state index in [0.29, 0.717) is 0 Å². The Morgan fingerprint density at radius 3 is 2.77 bits per heavy atom. The molecule has 3 heterocycles. The lowest BCUT2D eigenvalue weighted by atomic mass is 9.97. The Bertz CT molecular complexity index is 881. The quantitative estimate of drug-likeness (QED) is 0.835. The lowest BCUT2D eigenvalue weighted by molar-refractivity contribution is 0.180. The third-order valence-electron chi connectivity index (χ3n) is 5.88. The van der Waals surface area contributed by atoms with Gasteiger partial charge in [-0.15, -0.1) is 0 Å². The maximum Gasteiger partial charge on any atom is 0.0454 e. The van der Waals surface area contributed by atoms with E-state index in [1.165, 1.54) is 66.0 Å². The highest BCUT2D eigenvalue weighted by Gasteiger charge is 2.36. The molecule has 1 aromatic heterocycles. The summed E-state index contributed by atoms with van der Waals surface area (Å²) in [5.74, 6) is 0.796. The molecule has 1 fully saturated rings. The number of hydrogen-bond acceptors (Lipinski definition) is 3. The van der Waals surface area contributed by atoms with E-state index in [-0.39, 0.29) is 0 Å². The highest BCUT2D eigenvalue weighted by molar-refractivity contribution is 5.87. The smallest absolute Gasteiger partial charge is 0.0454 e. The van der Waals surface area contributed by atoms with Crippen molar-refractivity contribution < 1.29 is 0 Å². The van der Waals surface area contributed by atoms with Crippen LogP contribution in [0.1, 0.15) is 18.4 Å². The fourth-order valence-corrected chi connectivity index (χ4v) is 4.50. The van der Waals surface area contributed by atoms with Gasteiger partial charge in [0.15, 0.2) is 0 Å². The Morgan fingerprint density at radius 2 is 1.92 bits per heavy atom. The van der Waals surface area contributed by atoms with Crippen molar-refractivity contribution in [2.75, 3.05) is 33.2 Å². The topological polar surface area (TPSA) is 19.4 Å². The molecule has 1 unspecified atom stereocenters. The normalized spacial score (nSPS) is 22.4. The lowest BCUT2D eigenvalue weighted by Crippen LogP contribution is -2.37. The molecule has 0 amide bonds. The highest BCUT2D eigenvalue weighted by Crippen LogP contribution is 2.45. The molecular formula is C23H25N3. The molecule has 1 aromatic carbocycles. The summed E-state index contributed by atoms with van der Waals surface area (Å²) in [7, 11) is 2.25. The van der Waals surface area contributed by atoms with Crippen molar-refractivity contribution in [2.45, 2.75) is 12.8 Å². The van der Waals surface area contributed by atoms with Gasteiger partial charge in [0.1, 0.15) is 0 Å². The molecule has 0 spiro atoms. The summed E-state index contributed by atoms with van der Waals surface area (Å²) < 4.78 is 0. The number of nitrogens with zero attached hydrogens (tertiary/aromatic N) is 3. The average molecular weight is 343 g/mol. The fraction of sp³-hybridized carbons (Fsp3) is 0.348. The number of benzene rings is 1. The van der Waals surface area contributed by atoms with E-state index >= 15 is 0 Å². The highest BCUT2D eigenvalue weighted by atomic mass is 15.2. The molecule has 1 atom stereocenters. The number of piperidine rings is 1. The van der Waals surface area contributed by atoms with Crippen LogP contribution < -0.4 is 0 Å². The van der Waals surface area contributed by atoms with Gasteiger partial charge in [-0.05, 0) is 61.2 Å². The summed E-state index contributed by atoms with van der Waals surface area (Å²) in [6.07, 6.45) is 9.04. The number of hydrogen-bond donors (Lipinski definition) is 0. The number of fused-ring (bicyclic) bond motifs is 1. The molecule has 0 N–H and O–H groups in total. The predicted octanol–water partition coefficient (Wildman–Crippen LogP) is 4.06. The minimum Gasteiger partial charge on any atom is -0.366 e. The van der Waals surface area contributed by atoms with Gasteiger partial charge in [-0.1, -0.05) is 30.3 Å². The van der Waals surface area contributed by atoms with Crippen LogP contribution in [0.2, 0.25) is 0 Å². The Morgan fingerprint density at radius 1 is 1.08 bits per heavy atom. The fourth-order valence-electron chi connectivity index (χ4n) is 4.50. The van der Waals surface area contributed by atoms with Crippen LogP contribution in [0.25, 0.3) is 16.7 Å². The molecule has 1 aliphatic carbocycles. The van der Waals surface area contributed by atoms with Crippen molar-refractivity contribution >= 4 is 5.57 Å². The summed E-state index contributed by atoms with van der Waals surface area (Å²) in [6.45, 7) is 4.72. The first-order valence-corrected chi connectivity index (χ1v) is 9.67. The van der Waals surface area contributed by atoms with Crippen molar-refractivity contribution in [3.05, 3.63) is 71.7 Å². The molecule has 2 aromatic rings. The Kier molecular flexibility index (Phi) is 3.90. The standard InChI is InChI=1S/C23H25N3/c1-25-9-5-6-17(14-25)15-26-16-22(21-11-23(21)26)20-10-19(12-24-13-20)18-7-3-2-4-8-18/h2-4,7-8,10-13,17H,5-6,9,14-16H2,1H3. The molecule has 3 aliphatic rings. The van der Waals surface area contributed by atoms with E-state index in [2.05, 4.69) is 64.3 Å². The van der Waals surface area contributed by atoms with E-state index in [9.17, 15) is 0 Å². The molecule has 3 nitrogen and oxygen atoms in total. The van der Waals surface area contributed by atoms with Gasteiger partial charge in [0.2, 0.25) is 0 Å². The monoisotopic (exact) mass is 343 g/mol. The van der Waals surface area contributed by atoms with Crippen molar-refractivity contribution in [1.29, 1.82) is 0 Å². The van der Waals surface area contributed by atoms with Crippen molar-refractivity contribution in [3.8, 4) is 11.1 Å². The zero-order chi connectivity index (χ0) is 17.5. The van der Waals surface area contributed by atoms with Crippen molar-refractivity contribution in [2.24, 2.45) is 5.92 Å². The first kappa shape index (κ1) is 15.8. The number of rotatable bonds is 4. The first-order valence-electron chi connectivity index (χ1n) is 9.67. The largest absolute Gasteiger partial charge is 0.366 e. The van der Waals surface area contributed by atoms with Crippen molar-refractivity contribution in [1.82, 2.24) is 14.8 Å². The Labute approximate surface area is 155 Å². The summed E-state index contributed by atoms with van der Waals surface area (Å²) in [4.78, 5) is 9.59. The van der Waals surface area contributed by atoms with Crippen LogP contribution in [-0.2, 0) is 0 Å². The molecule has 1 saturated heterocycles. The van der Waals surface area contributed by atoms with Gasteiger partial charge >= 0.3 is 0 Å². The first-order chi connectivity index (χ1) is 12.8. The van der Waals surface area contributed by atoms with Gasteiger partial charge in [0.05, 0.1) is 0 Å². The van der Waals surface area contributed by atoms with Crippen LogP contribution in [0, 0.1) is 5.92 Å². The van der Waals surface area contributed by atoms with E-state index in [4.69, 9.17) is 0 Å². The molecule has 0 radical (unpaired) electrons. The van der Waals surface area contributed by atoms with Gasteiger partial charge in [0, 0.05) is 48.9 Å². The zero-order valence-corrected chi connectivity index (χ0v) is 15.4. The summed E-state index contributed by atoms with van der Waals surface area (Å²) in [5.41, 5.74) is 8.09. The van der Waals surface area contributed by atoms with E-state index in [1.807, 2.05) is 12.4 Å². The molecule has 0 bridgehead atoms. The number of allylic oxidation sites excluding steroid dienone is 2. The zero-order valence-electron chi connectivity index (χ0n) is 15.4. The maximum atomic E-state index is 4.53. The average Bonchev–Trinajstić information content (AvgIpc) is 3.39. The van der Waals surface area contributed by atoms with Gasteiger partial charge in [-0.2, -0.15) is 0 Å². The van der Waals surface area contributed by atoms with Crippen LogP contribution >= 0.6 is 0 Å². The minimum atomic E-state index is 0.796. The third kappa shape index (κ3) is 2.97. The summed E-state index contributed by atoms with van der Waals surface area (Å²) in [5, 5.41) is 0. The molecule has 132 valence electrons. The van der Waals surface area contributed by atoms with Gasteiger partial charge in [0.25, 0.3) is 0 Å². The Hall–Kier alpha value is -2.39. The van der Waals surface area contributed by atoms with Gasteiger partial charge in [-0.3, -0.25) is 4.98 Å². The molecule has 2 aliphatic heterocycles. The molecular weight excluding hydrogens is 318 g/mol. The minimum absolute atomic E-state index is 0.796. The lowest BCUT2D eigenvalue weighted by Gasteiger charge is -2.33. The van der Waals surface area contributed by atoms with Gasteiger partial charge in [-0.25, -0.2) is 0 Å². The summed E-state index contributed by atoms with van der Waals surface area (Å²) >= 11 is 0. The predicted molar refractivity (Wildman–Crippen MR) is 106 cm³/mol. The van der Waals surface area contributed by atoms with Crippen LogP contribution in [0.3, 0.4) is 0 Å². The summed E-state index contributed by atoms with van der Waals surface area (Å²) in [6, 6.07) is 12.8. The van der Waals surface area contributed by atoms with Crippen LogP contribution in [0.15, 0.2) is 66.1 Å². The Balaban J connectivity index is 1.33. The SMILES string of the molecule is CN1CCCC(CN2CC(c3cncc(-c4ccccc4)c3)=C3C=C32)C1. The van der Waals surface area contributed by atoms with E-state index in [1.54, 1.807) is 0 Å². The second kappa shape index (κ2) is 6.40. The van der Waals surface area contributed by atoms with E-state index in [0.717, 1.165) is 12.5 Å². The van der Waals surface area contributed by atoms with Crippen LogP contribution in [0.5, 0.6) is 0 Å². The van der Waals surface area contributed by atoms with E-state index < -0.39 is 0 Å². The number of pyridine rings is 1. The molecule has 0 saturated carbocycles. The molecule has 5 rings (SSSR count). The van der Waals surface area contributed by atoms with Crippen LogP contribution in [-0.4, -0.2) is 48.0 Å². The van der Waals surface area contributed by atoms with Crippen LogP contribution in [0.4, 0.5) is 0 Å². The maximum absolute atomic E-state index is 4.53. The second-order valence-electron chi connectivity index (χ2n) is 7.90. The van der Waals surface area contributed by atoms with Gasteiger partial charge < -0.3 is 9.80 Å². The number of aromatic nitrogens is 1. The van der Waals surface area contributed by atoms with Crippen molar-refractivity contribution in [3.63, 3.8) is 0 Å². The third-order valence-corrected chi connectivity index (χ3v) is 5.88. The number of likely N-dealkylation sites (tertiary alicyclic amines) is 1. The molecule has 26 heavy (non-hydrogen) atoms.